The van der Waals surface area contributed by atoms with Crippen LogP contribution in [0.1, 0.15) is 94.4 Å². The number of aromatic nitrogens is 7. The smallest absolute Gasteiger partial charge is 0.328 e. The first-order valence-corrected chi connectivity index (χ1v) is 18.6. The van der Waals surface area contributed by atoms with E-state index in [-0.39, 0.29) is 53.0 Å². The Kier molecular flexibility index (Phi) is 15.7. The van der Waals surface area contributed by atoms with E-state index in [4.69, 9.17) is 14.6 Å². The number of rotatable bonds is 8. The molecule has 5 aromatic heterocycles. The molecular formula is C39H45BrN8O9. The zero-order chi connectivity index (χ0) is 42.7. The van der Waals surface area contributed by atoms with Crippen molar-refractivity contribution in [3.8, 4) is 0 Å². The summed E-state index contributed by atoms with van der Waals surface area (Å²) in [5.74, 6) is -1.95. The number of halogens is 1. The number of ether oxygens (including phenoxy) is 2. The van der Waals surface area contributed by atoms with E-state index in [1.54, 1.807) is 63.9 Å². The van der Waals surface area contributed by atoms with Crippen LogP contribution < -0.4 is 0 Å². The molecule has 0 unspecified atom stereocenters. The number of ketones is 3. The summed E-state index contributed by atoms with van der Waals surface area (Å²) >= 11 is 2.99. The van der Waals surface area contributed by atoms with E-state index in [0.29, 0.717) is 39.8 Å². The van der Waals surface area contributed by atoms with E-state index in [1.165, 1.54) is 36.3 Å². The van der Waals surface area contributed by atoms with E-state index in [1.807, 2.05) is 26.8 Å². The van der Waals surface area contributed by atoms with Crippen molar-refractivity contribution in [3.05, 3.63) is 77.9 Å². The molecule has 1 aliphatic heterocycles. The maximum Gasteiger partial charge on any atom is 0.328 e. The molecule has 0 fully saturated rings. The van der Waals surface area contributed by atoms with Crippen LogP contribution in [0.3, 0.4) is 0 Å². The van der Waals surface area contributed by atoms with Crippen LogP contribution in [0, 0.1) is 0 Å². The first-order chi connectivity index (χ1) is 26.6. The Morgan fingerprint density at radius 1 is 0.684 bits per heavy atom. The second-order valence-corrected chi connectivity index (χ2v) is 14.9. The molecule has 1 N–H and O–H groups in total. The zero-order valence-corrected chi connectivity index (χ0v) is 34.8. The minimum absolute atomic E-state index is 0.0277. The lowest BCUT2D eigenvalue weighted by atomic mass is 10.1. The first kappa shape index (κ1) is 45.4. The quantitative estimate of drug-likeness (QED) is 0.117. The number of fused-ring (bicyclic) bond motifs is 3. The van der Waals surface area contributed by atoms with Crippen LogP contribution >= 0.6 is 15.9 Å². The van der Waals surface area contributed by atoms with Gasteiger partial charge in [0.05, 0.1) is 30.0 Å². The Morgan fingerprint density at radius 2 is 1.14 bits per heavy atom. The van der Waals surface area contributed by atoms with Crippen LogP contribution in [-0.2, 0) is 48.3 Å². The summed E-state index contributed by atoms with van der Waals surface area (Å²) in [6.07, 6.45) is 9.66. The number of carbonyl (C=O) groups excluding carboxylic acids is 5. The number of esters is 2. The molecule has 57 heavy (non-hydrogen) atoms. The number of hydrogen-bond acceptors (Lipinski definition) is 14. The fraction of sp³-hybridized carbons (Fsp3) is 0.385. The van der Waals surface area contributed by atoms with Crippen LogP contribution in [0.25, 0.3) is 21.8 Å². The van der Waals surface area contributed by atoms with E-state index < -0.39 is 17.5 Å². The van der Waals surface area contributed by atoms with E-state index in [0.717, 1.165) is 11.1 Å². The summed E-state index contributed by atoms with van der Waals surface area (Å²) in [6.45, 7) is 15.6. The minimum atomic E-state index is -1.01. The molecule has 18 heteroatoms. The summed E-state index contributed by atoms with van der Waals surface area (Å²) in [5, 5.41) is 18.5. The Balaban J connectivity index is 0.000000212. The Labute approximate surface area is 337 Å². The van der Waals surface area contributed by atoms with Crippen molar-refractivity contribution in [2.45, 2.75) is 93.2 Å². The van der Waals surface area contributed by atoms with Gasteiger partial charge in [0.2, 0.25) is 0 Å². The summed E-state index contributed by atoms with van der Waals surface area (Å²) in [4.78, 5) is 83.0. The number of nitrogens with zero attached hydrogens (tertiary/aromatic N) is 8. The molecule has 0 aliphatic carbocycles. The van der Waals surface area contributed by atoms with Crippen LogP contribution in [0.4, 0.5) is 0 Å². The largest absolute Gasteiger partial charge is 0.480 e. The van der Waals surface area contributed by atoms with Crippen molar-refractivity contribution in [1.29, 1.82) is 0 Å². The topological polar surface area (TPSA) is 228 Å². The standard InChI is InChI=1S/C14H17N3O3.C10H9N3O3.C9H8N2O.C6H11BrO2/c1-9(18)13-10-5-6-15-7-11(10)17(16-13)8-12(19)20-14(2,3)4;1-6(14)10-7-2-3-11-4-8(7)13(12-10)5-9(15)16;1-6(12)9-8-2-3-10-4-7(8)5-11-9;1-6(2,3)9-5(8)4-7/h5-7H,8H2,1-4H3;2-4H,5H2,1H3,(H,15,16);2-4H,5H2,1H3;4H2,1-3H3. The Hall–Kier alpha value is -6.04. The van der Waals surface area contributed by atoms with Gasteiger partial charge in [-0.3, -0.25) is 58.1 Å². The normalized spacial score (nSPS) is 11.7. The first-order valence-electron chi connectivity index (χ1n) is 17.4. The van der Waals surface area contributed by atoms with E-state index >= 15 is 0 Å². The number of pyridine rings is 3. The summed E-state index contributed by atoms with van der Waals surface area (Å²) in [5.41, 5.74) is 3.47. The van der Waals surface area contributed by atoms with Crippen molar-refractivity contribution in [2.24, 2.45) is 4.99 Å². The molecule has 6 heterocycles. The maximum atomic E-state index is 11.9. The van der Waals surface area contributed by atoms with Gasteiger partial charge >= 0.3 is 17.9 Å². The average Bonchev–Trinajstić information content (AvgIpc) is 3.82. The van der Waals surface area contributed by atoms with Gasteiger partial charge in [-0.1, -0.05) is 15.9 Å². The number of alkyl halides is 1. The highest BCUT2D eigenvalue weighted by atomic mass is 79.9. The summed E-state index contributed by atoms with van der Waals surface area (Å²) in [6, 6.07) is 5.20. The third-order valence-corrected chi connectivity index (χ3v) is 7.65. The molecule has 17 nitrogen and oxygen atoms in total. The highest BCUT2D eigenvalue weighted by Gasteiger charge is 2.21. The van der Waals surface area contributed by atoms with Gasteiger partial charge < -0.3 is 14.6 Å². The van der Waals surface area contributed by atoms with Crippen LogP contribution in [0.5, 0.6) is 0 Å². The molecule has 0 saturated heterocycles. The Morgan fingerprint density at radius 3 is 1.56 bits per heavy atom. The second-order valence-electron chi connectivity index (χ2n) is 14.4. The zero-order valence-electron chi connectivity index (χ0n) is 33.2. The van der Waals surface area contributed by atoms with Crippen LogP contribution in [0.15, 0.2) is 60.4 Å². The molecular weight excluding hydrogens is 804 g/mol. The van der Waals surface area contributed by atoms with Gasteiger partial charge in [0.25, 0.3) is 0 Å². The van der Waals surface area contributed by atoms with Crippen molar-refractivity contribution in [2.75, 3.05) is 5.33 Å². The van der Waals surface area contributed by atoms with Crippen molar-refractivity contribution in [1.82, 2.24) is 34.5 Å². The molecule has 6 rings (SSSR count). The van der Waals surface area contributed by atoms with Gasteiger partial charge in [-0.2, -0.15) is 10.2 Å². The molecule has 0 bridgehead atoms. The number of Topliss-reactive ketones (excluding diaryl/α,β-unsaturated/α-hetero) is 3. The van der Waals surface area contributed by atoms with Gasteiger partial charge in [0, 0.05) is 67.5 Å². The number of hydrogen-bond donors (Lipinski definition) is 1. The van der Waals surface area contributed by atoms with Gasteiger partial charge in [0.1, 0.15) is 46.7 Å². The van der Waals surface area contributed by atoms with E-state index in [2.05, 4.69) is 46.1 Å². The third-order valence-electron chi connectivity index (χ3n) is 7.19. The molecule has 0 aromatic carbocycles. The highest BCUT2D eigenvalue weighted by Crippen LogP contribution is 2.20. The summed E-state index contributed by atoms with van der Waals surface area (Å²) < 4.78 is 12.9. The molecule has 0 radical (unpaired) electrons. The third kappa shape index (κ3) is 13.6. The molecule has 0 spiro atoms. The van der Waals surface area contributed by atoms with Crippen molar-refractivity contribution >= 4 is 78.7 Å². The lowest BCUT2D eigenvalue weighted by Crippen LogP contribution is -2.26. The Bertz CT molecular complexity index is 2320. The lowest BCUT2D eigenvalue weighted by molar-refractivity contribution is -0.156. The number of carboxylic acids is 1. The number of aliphatic carboxylic acids is 1. The molecule has 0 amide bonds. The van der Waals surface area contributed by atoms with E-state index in [9.17, 15) is 28.8 Å². The predicted octanol–water partition coefficient (Wildman–Crippen LogP) is 5.39. The average molecular weight is 850 g/mol. The predicted molar refractivity (Wildman–Crippen MR) is 213 cm³/mol. The molecule has 0 atom stereocenters. The second kappa shape index (κ2) is 19.7. The number of carbonyl (C=O) groups is 6. The minimum Gasteiger partial charge on any atom is -0.480 e. The molecule has 5 aromatic rings. The van der Waals surface area contributed by atoms with Crippen LogP contribution in [0.2, 0.25) is 0 Å². The van der Waals surface area contributed by atoms with Crippen LogP contribution in [-0.4, -0.2) is 97.1 Å². The maximum absolute atomic E-state index is 11.9. The lowest BCUT2D eigenvalue weighted by Gasteiger charge is -2.19. The number of carboxylic acid groups (broad SMARTS) is 1. The fourth-order valence-electron chi connectivity index (χ4n) is 5.13. The van der Waals surface area contributed by atoms with Gasteiger partial charge in [-0.25, -0.2) is 0 Å². The highest BCUT2D eigenvalue weighted by molar-refractivity contribution is 9.09. The molecule has 0 saturated carbocycles. The number of aliphatic imine (C=N–C) groups is 1. The van der Waals surface area contributed by atoms with Crippen molar-refractivity contribution < 1.29 is 43.3 Å². The SMILES string of the molecule is CC(=O)C1=NCc2cnccc21.CC(=O)c1nn(CC(=O)O)c2cnccc12.CC(=O)c1nn(CC(=O)OC(C)(C)C)c2cnccc12.CC(C)(C)OC(=O)CBr. The molecule has 302 valence electrons. The molecule has 1 aliphatic rings. The summed E-state index contributed by atoms with van der Waals surface area (Å²) in [7, 11) is 0. The fourth-order valence-corrected chi connectivity index (χ4v) is 5.24. The van der Waals surface area contributed by atoms with Gasteiger partial charge in [-0.15, -0.1) is 0 Å². The monoisotopic (exact) mass is 848 g/mol. The van der Waals surface area contributed by atoms with Gasteiger partial charge in [0.15, 0.2) is 17.3 Å². The van der Waals surface area contributed by atoms with Gasteiger partial charge in [-0.05, 0) is 59.7 Å². The van der Waals surface area contributed by atoms with Crippen molar-refractivity contribution in [3.63, 3.8) is 0 Å².